The Hall–Kier alpha value is -2.50. The van der Waals surface area contributed by atoms with Crippen molar-refractivity contribution in [3.8, 4) is 12.1 Å². The topological polar surface area (TPSA) is 96.2 Å². The maximum Gasteiger partial charge on any atom is 0.316 e. The Morgan fingerprint density at radius 3 is 2.52 bits per heavy atom. The van der Waals surface area contributed by atoms with E-state index < -0.39 is 10.0 Å². The number of sulfonamides is 1. The molecule has 130 valence electrons. The lowest BCUT2D eigenvalue weighted by Crippen LogP contribution is -2.39. The molecule has 2 heterocycles. The van der Waals surface area contributed by atoms with Crippen molar-refractivity contribution < 1.29 is 13.2 Å². The smallest absolute Gasteiger partial charge is 0.316 e. The summed E-state index contributed by atoms with van der Waals surface area (Å²) in [5.41, 5.74) is 0.175. The molecule has 7 nitrogen and oxygen atoms in total. The van der Waals surface area contributed by atoms with Gasteiger partial charge >= 0.3 is 6.01 Å². The molecule has 1 aliphatic heterocycles. The second kappa shape index (κ2) is 7.59. The molecule has 8 heteroatoms. The van der Waals surface area contributed by atoms with Crippen molar-refractivity contribution in [1.82, 2.24) is 14.3 Å². The van der Waals surface area contributed by atoms with E-state index in [9.17, 15) is 8.42 Å². The van der Waals surface area contributed by atoms with Crippen LogP contribution in [0.2, 0.25) is 0 Å². The van der Waals surface area contributed by atoms with Crippen LogP contribution in [0.25, 0.3) is 0 Å². The summed E-state index contributed by atoms with van der Waals surface area (Å²) in [6.45, 7) is 1.28. The summed E-state index contributed by atoms with van der Waals surface area (Å²) in [5.74, 6) is 0.251. The van der Waals surface area contributed by atoms with Crippen LogP contribution < -0.4 is 4.74 Å². The fraction of sp³-hybridized carbons (Fsp3) is 0.353. The first-order valence-electron chi connectivity index (χ1n) is 8.00. The van der Waals surface area contributed by atoms with Crippen molar-refractivity contribution in [3.63, 3.8) is 0 Å². The van der Waals surface area contributed by atoms with Crippen molar-refractivity contribution in [1.29, 1.82) is 5.26 Å². The van der Waals surface area contributed by atoms with Crippen LogP contribution in [0.3, 0.4) is 0 Å². The number of benzene rings is 1. The molecule has 0 unspecified atom stereocenters. The highest BCUT2D eigenvalue weighted by Gasteiger charge is 2.31. The summed E-state index contributed by atoms with van der Waals surface area (Å²) in [5, 5.41) is 9.14. The molecule has 1 saturated heterocycles. The second-order valence-corrected chi connectivity index (χ2v) is 7.70. The fourth-order valence-electron chi connectivity index (χ4n) is 2.79. The molecule has 1 fully saturated rings. The van der Waals surface area contributed by atoms with Crippen molar-refractivity contribution >= 4 is 10.0 Å². The van der Waals surface area contributed by atoms with E-state index in [4.69, 9.17) is 10.00 Å². The number of ether oxygens (including phenoxy) is 1. The van der Waals surface area contributed by atoms with Gasteiger partial charge in [0.2, 0.25) is 10.0 Å². The molecule has 0 bridgehead atoms. The Kier molecular flexibility index (Phi) is 5.26. The van der Waals surface area contributed by atoms with E-state index in [2.05, 4.69) is 9.97 Å². The molecule has 1 aromatic carbocycles. The van der Waals surface area contributed by atoms with Gasteiger partial charge in [0, 0.05) is 25.5 Å². The molecular weight excluding hydrogens is 340 g/mol. The predicted octanol–water partition coefficient (Wildman–Crippen LogP) is 1.83. The lowest BCUT2D eigenvalue weighted by molar-refractivity contribution is 0.176. The van der Waals surface area contributed by atoms with Gasteiger partial charge in [-0.15, -0.1) is 0 Å². The minimum atomic E-state index is -3.65. The molecule has 0 spiro atoms. The first kappa shape index (κ1) is 17.3. The number of nitriles is 1. The minimum Gasteiger partial charge on any atom is -0.463 e. The zero-order valence-electron chi connectivity index (χ0n) is 13.6. The van der Waals surface area contributed by atoms with Crippen LogP contribution in [0.4, 0.5) is 0 Å². The molecule has 0 amide bonds. The van der Waals surface area contributed by atoms with Gasteiger partial charge in [-0.05, 0) is 37.0 Å². The van der Waals surface area contributed by atoms with Gasteiger partial charge in [-0.2, -0.15) is 9.57 Å². The largest absolute Gasteiger partial charge is 0.463 e. The van der Waals surface area contributed by atoms with Gasteiger partial charge in [0.25, 0.3) is 0 Å². The zero-order valence-corrected chi connectivity index (χ0v) is 14.4. The van der Waals surface area contributed by atoms with E-state index in [-0.39, 0.29) is 16.4 Å². The molecular formula is C17H18N4O3S. The highest BCUT2D eigenvalue weighted by Crippen LogP contribution is 2.25. The Bertz CT molecular complexity index is 857. The quantitative estimate of drug-likeness (QED) is 0.809. The standard InChI is InChI=1S/C17H18N4O3S/c18-12-15-4-1-2-5-16(15)25(22,23)21-10-6-14(7-11-21)13-24-17-19-8-3-9-20-17/h1-5,8-9,14H,6-7,10-11,13H2. The Labute approximate surface area is 147 Å². The monoisotopic (exact) mass is 358 g/mol. The van der Waals surface area contributed by atoms with E-state index in [1.807, 2.05) is 6.07 Å². The third-order valence-corrected chi connectivity index (χ3v) is 6.15. The first-order chi connectivity index (χ1) is 12.1. The highest BCUT2D eigenvalue weighted by atomic mass is 32.2. The van der Waals surface area contributed by atoms with E-state index in [0.29, 0.717) is 38.5 Å². The number of piperidine rings is 1. The molecule has 25 heavy (non-hydrogen) atoms. The van der Waals surface area contributed by atoms with Gasteiger partial charge in [-0.25, -0.2) is 18.4 Å². The Morgan fingerprint density at radius 2 is 1.84 bits per heavy atom. The lowest BCUT2D eigenvalue weighted by atomic mass is 9.99. The fourth-order valence-corrected chi connectivity index (χ4v) is 4.40. The van der Waals surface area contributed by atoms with E-state index in [1.165, 1.54) is 16.4 Å². The average molecular weight is 358 g/mol. The Morgan fingerprint density at radius 1 is 1.16 bits per heavy atom. The molecule has 3 rings (SSSR count). The highest BCUT2D eigenvalue weighted by molar-refractivity contribution is 7.89. The van der Waals surface area contributed by atoms with E-state index in [1.54, 1.807) is 30.6 Å². The Balaban J connectivity index is 1.61. The minimum absolute atomic E-state index is 0.0740. The van der Waals surface area contributed by atoms with Gasteiger partial charge in [0.15, 0.2) is 0 Å². The SMILES string of the molecule is N#Cc1ccccc1S(=O)(=O)N1CCC(COc2ncccn2)CC1. The second-order valence-electron chi connectivity index (χ2n) is 5.80. The van der Waals surface area contributed by atoms with Crippen LogP contribution in [-0.4, -0.2) is 42.4 Å². The molecule has 2 aromatic rings. The zero-order chi connectivity index (χ0) is 17.7. The lowest BCUT2D eigenvalue weighted by Gasteiger charge is -2.31. The summed E-state index contributed by atoms with van der Waals surface area (Å²) in [7, 11) is -3.65. The first-order valence-corrected chi connectivity index (χ1v) is 9.44. The van der Waals surface area contributed by atoms with Crippen LogP contribution in [0, 0.1) is 17.2 Å². The van der Waals surface area contributed by atoms with Gasteiger partial charge in [-0.1, -0.05) is 12.1 Å². The van der Waals surface area contributed by atoms with Crippen LogP contribution >= 0.6 is 0 Å². The van der Waals surface area contributed by atoms with Crippen LogP contribution in [0.15, 0.2) is 47.6 Å². The van der Waals surface area contributed by atoms with Crippen LogP contribution in [-0.2, 0) is 10.0 Å². The number of aromatic nitrogens is 2. The third kappa shape index (κ3) is 3.95. The van der Waals surface area contributed by atoms with Crippen molar-refractivity contribution in [2.45, 2.75) is 17.7 Å². The van der Waals surface area contributed by atoms with Gasteiger partial charge in [0.1, 0.15) is 6.07 Å². The van der Waals surface area contributed by atoms with Crippen LogP contribution in [0.1, 0.15) is 18.4 Å². The average Bonchev–Trinajstić information content (AvgIpc) is 2.67. The van der Waals surface area contributed by atoms with E-state index in [0.717, 1.165) is 0 Å². The summed E-state index contributed by atoms with van der Waals surface area (Å²) in [4.78, 5) is 8.09. The number of hydrogen-bond donors (Lipinski definition) is 0. The normalized spacial score (nSPS) is 16.3. The van der Waals surface area contributed by atoms with Gasteiger partial charge in [-0.3, -0.25) is 0 Å². The molecule has 0 saturated carbocycles. The molecule has 0 aliphatic carbocycles. The van der Waals surface area contributed by atoms with Gasteiger partial charge < -0.3 is 4.74 Å². The molecule has 1 aliphatic rings. The summed E-state index contributed by atoms with van der Waals surface area (Å²) >= 11 is 0. The van der Waals surface area contributed by atoms with E-state index >= 15 is 0 Å². The number of rotatable bonds is 5. The van der Waals surface area contributed by atoms with Gasteiger partial charge in [0.05, 0.1) is 17.1 Å². The maximum absolute atomic E-state index is 12.8. The predicted molar refractivity (Wildman–Crippen MR) is 90.2 cm³/mol. The van der Waals surface area contributed by atoms with Crippen molar-refractivity contribution in [2.24, 2.45) is 5.92 Å². The number of hydrogen-bond acceptors (Lipinski definition) is 6. The molecule has 0 N–H and O–H groups in total. The van der Waals surface area contributed by atoms with Crippen molar-refractivity contribution in [3.05, 3.63) is 48.3 Å². The summed E-state index contributed by atoms with van der Waals surface area (Å²) in [6, 6.07) is 10.3. The third-order valence-electron chi connectivity index (χ3n) is 4.19. The van der Waals surface area contributed by atoms with Crippen molar-refractivity contribution in [2.75, 3.05) is 19.7 Å². The molecule has 0 atom stereocenters. The molecule has 0 radical (unpaired) electrons. The summed E-state index contributed by atoms with van der Waals surface area (Å²) < 4.78 is 32.6. The number of nitrogens with zero attached hydrogens (tertiary/aromatic N) is 4. The maximum atomic E-state index is 12.8. The summed E-state index contributed by atoms with van der Waals surface area (Å²) in [6.07, 6.45) is 4.62. The van der Waals surface area contributed by atoms with Crippen LogP contribution in [0.5, 0.6) is 6.01 Å². The molecule has 1 aromatic heterocycles.